The summed E-state index contributed by atoms with van der Waals surface area (Å²) in [6.45, 7) is 0. The first-order valence-corrected chi connectivity index (χ1v) is 13.9. The van der Waals surface area contributed by atoms with Crippen LogP contribution in [0.4, 0.5) is 0 Å². The van der Waals surface area contributed by atoms with Gasteiger partial charge < -0.3 is 65.6 Å². The number of hydrogen-bond donors (Lipinski definition) is 11. The number of aliphatic carboxylic acids is 2. The molecule has 0 bridgehead atoms. The van der Waals surface area contributed by atoms with Gasteiger partial charge in [-0.2, -0.15) is 0 Å². The average molecular weight is 667 g/mol. The zero-order valence-corrected chi connectivity index (χ0v) is 24.0. The molecule has 18 heteroatoms. The smallest absolute Gasteiger partial charge is 0.340 e. The van der Waals surface area contributed by atoms with Crippen LogP contribution in [0.2, 0.25) is 0 Å². The van der Waals surface area contributed by atoms with E-state index in [4.69, 9.17) is 9.47 Å². The second kappa shape index (κ2) is 13.3. The molecule has 0 saturated carbocycles. The molecular weight excluding hydrogens is 636 g/mol. The number of rotatable bonds is 10. The van der Waals surface area contributed by atoms with Gasteiger partial charge in [0, 0.05) is 35.8 Å². The van der Waals surface area contributed by atoms with Crippen LogP contribution in [0.5, 0.6) is 34.5 Å². The van der Waals surface area contributed by atoms with Gasteiger partial charge in [-0.05, 0) is 24.6 Å². The molecule has 1 fully saturated rings. The molecular formula is C29H30O18. The summed E-state index contributed by atoms with van der Waals surface area (Å²) in [5.41, 5.74) is -1.52. The maximum atomic E-state index is 13.6. The Balaban J connectivity index is 1.59. The van der Waals surface area contributed by atoms with Crippen LogP contribution in [0.25, 0.3) is 0 Å². The van der Waals surface area contributed by atoms with Crippen molar-refractivity contribution < 1.29 is 89.6 Å². The minimum atomic E-state index is -2.04. The summed E-state index contributed by atoms with van der Waals surface area (Å²) in [5, 5.41) is 110. The maximum Gasteiger partial charge on any atom is 0.340 e. The number of benzene rings is 2. The number of Topliss-reactive ketones (excluding diaryl/α,β-unsaturated/α-hetero) is 2. The highest BCUT2D eigenvalue weighted by Gasteiger charge is 2.49. The van der Waals surface area contributed by atoms with E-state index in [2.05, 4.69) is 0 Å². The molecule has 2 aromatic rings. The molecule has 18 nitrogen and oxygen atoms in total. The number of phenolic OH excluding ortho intramolecular Hbond substituents is 6. The summed E-state index contributed by atoms with van der Waals surface area (Å²) in [5.74, 6) is -17.6. The molecule has 1 aliphatic heterocycles. The normalized spacial score (nSPS) is 26.2. The van der Waals surface area contributed by atoms with Crippen LogP contribution < -0.4 is 0 Å². The van der Waals surface area contributed by atoms with Gasteiger partial charge >= 0.3 is 17.9 Å². The highest BCUT2D eigenvalue weighted by Crippen LogP contribution is 2.52. The lowest BCUT2D eigenvalue weighted by atomic mass is 9.65. The number of carbonyl (C=O) groups is 5. The molecule has 4 rings (SSSR count). The number of carboxylic acid groups (broad SMARTS) is 2. The van der Waals surface area contributed by atoms with Crippen molar-refractivity contribution in [3.8, 4) is 34.5 Å². The fraction of sp³-hybridized carbons (Fsp3) is 0.414. The molecule has 3 unspecified atom stereocenters. The lowest BCUT2D eigenvalue weighted by Crippen LogP contribution is -2.58. The minimum Gasteiger partial charge on any atom is -0.504 e. The predicted octanol–water partition coefficient (Wildman–Crippen LogP) is -0.604. The molecule has 47 heavy (non-hydrogen) atoms. The Bertz CT molecular complexity index is 1590. The Hall–Kier alpha value is -5.17. The Morgan fingerprint density at radius 3 is 2.00 bits per heavy atom. The van der Waals surface area contributed by atoms with Crippen molar-refractivity contribution in [2.45, 2.75) is 62.3 Å². The first-order chi connectivity index (χ1) is 21.9. The highest BCUT2D eigenvalue weighted by molar-refractivity contribution is 6.04. The number of esters is 1. The molecule has 2 aromatic carbocycles. The SMILES string of the molecule is O=C(O)CC(C(=O)O)C1c2c(cc(O)c(O)c2O)C(=O)CC1C(=O)CC[C@H]1O[C@@H](OC(=O)c2cc(O)c(O)c(O)c2)[C@H](O)[C@@H](O)[C@@H]1O. The van der Waals surface area contributed by atoms with Crippen molar-refractivity contribution in [1.29, 1.82) is 0 Å². The number of fused-ring (bicyclic) bond motifs is 1. The van der Waals surface area contributed by atoms with E-state index in [1.54, 1.807) is 0 Å². The summed E-state index contributed by atoms with van der Waals surface area (Å²) in [6.07, 6.45) is -12.4. The van der Waals surface area contributed by atoms with Crippen LogP contribution in [0, 0.1) is 11.8 Å². The van der Waals surface area contributed by atoms with E-state index in [9.17, 15) is 80.1 Å². The molecule has 2 aliphatic rings. The summed E-state index contributed by atoms with van der Waals surface area (Å²) < 4.78 is 10.4. The second-order valence-corrected chi connectivity index (χ2v) is 11.1. The minimum absolute atomic E-state index is 0.438. The van der Waals surface area contributed by atoms with Crippen LogP contribution in [-0.2, 0) is 23.9 Å². The molecule has 0 spiro atoms. The quantitative estimate of drug-likeness (QED) is 0.111. The number of carboxylic acids is 2. The van der Waals surface area contributed by atoms with E-state index in [0.717, 1.165) is 6.07 Å². The second-order valence-electron chi connectivity index (χ2n) is 11.1. The molecule has 1 saturated heterocycles. The Morgan fingerprint density at radius 1 is 0.830 bits per heavy atom. The molecule has 254 valence electrons. The number of ketones is 2. The van der Waals surface area contributed by atoms with Gasteiger partial charge in [0.25, 0.3) is 0 Å². The number of aliphatic hydroxyl groups excluding tert-OH is 3. The van der Waals surface area contributed by atoms with E-state index in [0.29, 0.717) is 12.1 Å². The first kappa shape index (κ1) is 34.7. The van der Waals surface area contributed by atoms with Crippen molar-refractivity contribution >= 4 is 29.5 Å². The highest BCUT2D eigenvalue weighted by atomic mass is 16.7. The summed E-state index contributed by atoms with van der Waals surface area (Å²) in [4.78, 5) is 62.9. The number of aromatic hydroxyl groups is 6. The van der Waals surface area contributed by atoms with Crippen molar-refractivity contribution in [2.24, 2.45) is 11.8 Å². The van der Waals surface area contributed by atoms with Crippen LogP contribution >= 0.6 is 0 Å². The van der Waals surface area contributed by atoms with Gasteiger partial charge in [0.2, 0.25) is 12.0 Å². The number of aliphatic hydroxyl groups is 3. The molecule has 0 aromatic heterocycles. The van der Waals surface area contributed by atoms with E-state index in [1.165, 1.54) is 0 Å². The number of ether oxygens (including phenoxy) is 2. The standard InChI is InChI=1S/C29H30O18/c30-12(9-5-13(31)10-6-16(34)22(38)24(40)20(10)19(9)11(27(43)44)7-18(35)36)1-2-17-23(39)25(41)26(42)29(46-17)47-28(45)8-3-14(32)21(37)15(33)4-8/h3-4,6,9,11,17,19,23,25-26,29,32-34,37-42H,1-2,5,7H2,(H,35,36)(H,43,44)/t9?,11?,17-,19?,23-,25+,26-,29+/m1/s1. The fourth-order valence-electron chi connectivity index (χ4n) is 5.83. The predicted molar refractivity (Wildman–Crippen MR) is 148 cm³/mol. The fourth-order valence-corrected chi connectivity index (χ4v) is 5.83. The van der Waals surface area contributed by atoms with Gasteiger partial charge in [0.15, 0.2) is 34.5 Å². The van der Waals surface area contributed by atoms with Gasteiger partial charge in [-0.1, -0.05) is 0 Å². The molecule has 1 heterocycles. The van der Waals surface area contributed by atoms with Gasteiger partial charge in [0.1, 0.15) is 24.1 Å². The number of carbonyl (C=O) groups excluding carboxylic acids is 3. The lowest BCUT2D eigenvalue weighted by Gasteiger charge is -2.40. The third kappa shape index (κ3) is 6.70. The largest absolute Gasteiger partial charge is 0.504 e. The summed E-state index contributed by atoms with van der Waals surface area (Å²) in [6, 6.07) is 2.17. The van der Waals surface area contributed by atoms with Crippen LogP contribution in [-0.4, -0.2) is 116 Å². The summed E-state index contributed by atoms with van der Waals surface area (Å²) >= 11 is 0. The molecule has 8 atom stereocenters. The Labute approximate surface area is 262 Å². The monoisotopic (exact) mass is 666 g/mol. The molecule has 0 radical (unpaired) electrons. The maximum absolute atomic E-state index is 13.6. The third-order valence-corrected chi connectivity index (χ3v) is 8.20. The molecule has 0 amide bonds. The molecule has 1 aliphatic carbocycles. The lowest BCUT2D eigenvalue weighted by molar-refractivity contribution is -0.281. The van der Waals surface area contributed by atoms with Crippen molar-refractivity contribution in [1.82, 2.24) is 0 Å². The van der Waals surface area contributed by atoms with Gasteiger partial charge in [-0.3, -0.25) is 19.2 Å². The van der Waals surface area contributed by atoms with E-state index >= 15 is 0 Å². The van der Waals surface area contributed by atoms with Crippen LogP contribution in [0.15, 0.2) is 18.2 Å². The van der Waals surface area contributed by atoms with Crippen LogP contribution in [0.1, 0.15) is 57.9 Å². The first-order valence-electron chi connectivity index (χ1n) is 13.9. The Morgan fingerprint density at radius 2 is 1.43 bits per heavy atom. The van der Waals surface area contributed by atoms with Gasteiger partial charge in [-0.15, -0.1) is 0 Å². The average Bonchev–Trinajstić information content (AvgIpc) is 3.00. The van der Waals surface area contributed by atoms with Crippen LogP contribution in [0.3, 0.4) is 0 Å². The van der Waals surface area contributed by atoms with Gasteiger partial charge in [-0.25, -0.2) is 4.79 Å². The van der Waals surface area contributed by atoms with Crippen molar-refractivity contribution in [3.05, 3.63) is 34.9 Å². The number of phenols is 6. The third-order valence-electron chi connectivity index (χ3n) is 8.20. The van der Waals surface area contributed by atoms with E-state index in [1.807, 2.05) is 0 Å². The summed E-state index contributed by atoms with van der Waals surface area (Å²) in [7, 11) is 0. The van der Waals surface area contributed by atoms with E-state index < -0.39 is 155 Å². The number of hydrogen-bond acceptors (Lipinski definition) is 16. The Kier molecular flexibility index (Phi) is 9.81. The zero-order valence-electron chi connectivity index (χ0n) is 24.0. The van der Waals surface area contributed by atoms with Crippen molar-refractivity contribution in [3.63, 3.8) is 0 Å². The van der Waals surface area contributed by atoms with Crippen molar-refractivity contribution in [2.75, 3.05) is 0 Å². The molecule has 11 N–H and O–H groups in total. The van der Waals surface area contributed by atoms with Gasteiger partial charge in [0.05, 0.1) is 24.0 Å². The topological polar surface area (TPSA) is 326 Å². The zero-order chi connectivity index (χ0) is 35.1. The van der Waals surface area contributed by atoms with E-state index in [-0.39, 0.29) is 0 Å².